The first-order valence-corrected chi connectivity index (χ1v) is 4.30. The van der Waals surface area contributed by atoms with E-state index in [4.69, 9.17) is 5.11 Å². The van der Waals surface area contributed by atoms with Crippen LogP contribution < -0.4 is 0 Å². The molecule has 2 nitrogen and oxygen atoms in total. The third-order valence-electron chi connectivity index (χ3n) is 1.07. The minimum absolute atomic E-state index is 0.129. The van der Waals surface area contributed by atoms with E-state index < -0.39 is 11.2 Å². The summed E-state index contributed by atoms with van der Waals surface area (Å²) in [5, 5.41) is 8.91. The lowest BCUT2D eigenvalue weighted by atomic mass is 10.3. The highest BCUT2D eigenvalue weighted by molar-refractivity contribution is 7.90. The van der Waals surface area contributed by atoms with E-state index in [2.05, 4.69) is 6.07 Å². The van der Waals surface area contributed by atoms with Crippen LogP contribution in [0.2, 0.25) is 0 Å². The second-order valence-corrected chi connectivity index (χ2v) is 3.21. The Morgan fingerprint density at radius 1 is 1.70 bits per heavy atom. The third-order valence-corrected chi connectivity index (χ3v) is 1.92. The molecule has 0 aliphatic rings. The molecule has 0 heterocycles. The molecule has 1 atom stereocenters. The fourth-order valence-electron chi connectivity index (χ4n) is 0.599. The Morgan fingerprint density at radius 3 is 2.80 bits per heavy atom. The smallest absolute Gasteiger partial charge is 0.164 e. The van der Waals surface area contributed by atoms with Gasteiger partial charge in [-0.1, -0.05) is 0 Å². The van der Waals surface area contributed by atoms with Gasteiger partial charge in [0, 0.05) is 12.1 Å². The molecule has 53 valence electrons. The summed E-state index contributed by atoms with van der Waals surface area (Å²) < 4.78 is 10.8. The van der Waals surface area contributed by atoms with Crippen LogP contribution in [0, 0.1) is 6.07 Å². The van der Waals surface area contributed by atoms with Crippen molar-refractivity contribution in [3.63, 3.8) is 0 Å². The number of benzene rings is 1. The second kappa shape index (κ2) is 2.94. The van der Waals surface area contributed by atoms with Crippen LogP contribution >= 0.6 is 0 Å². The summed E-state index contributed by atoms with van der Waals surface area (Å²) >= 11 is -1.05. The molecule has 0 saturated heterocycles. The number of phenolic OH excluding ortho intramolecular Hbond substituents is 1. The molecule has 0 amide bonds. The van der Waals surface area contributed by atoms with Crippen LogP contribution in [0.4, 0.5) is 0 Å². The molecule has 3 heteroatoms. The molecule has 1 radical (unpaired) electrons. The van der Waals surface area contributed by atoms with E-state index in [-0.39, 0.29) is 5.75 Å². The summed E-state index contributed by atoms with van der Waals surface area (Å²) in [5.74, 6) is 0.129. The van der Waals surface area contributed by atoms with Crippen molar-refractivity contribution in [1.82, 2.24) is 0 Å². The quantitative estimate of drug-likeness (QED) is 0.613. The maximum absolute atomic E-state index is 10.8. The van der Waals surface area contributed by atoms with Gasteiger partial charge in [-0.15, -0.1) is 0 Å². The Balaban J connectivity index is 2.96. The molecule has 1 rings (SSSR count). The van der Waals surface area contributed by atoms with Gasteiger partial charge in [-0.2, -0.15) is 0 Å². The minimum atomic E-state index is -1.05. The zero-order valence-electron chi connectivity index (χ0n) is 5.50. The Bertz CT molecular complexity index is 223. The predicted octanol–water partition coefficient (Wildman–Crippen LogP) is 0.930. The highest BCUT2D eigenvalue weighted by atomic mass is 32.2. The highest BCUT2D eigenvalue weighted by Crippen LogP contribution is 2.14. The number of hydrogen-bond acceptors (Lipinski definition) is 2. The van der Waals surface area contributed by atoms with Crippen LogP contribution in [0.1, 0.15) is 0 Å². The molecule has 0 bridgehead atoms. The first-order valence-electron chi connectivity index (χ1n) is 2.74. The fourth-order valence-corrected chi connectivity index (χ4v) is 1.12. The summed E-state index contributed by atoms with van der Waals surface area (Å²) in [6.07, 6.45) is 1.55. The van der Waals surface area contributed by atoms with Gasteiger partial charge in [0.2, 0.25) is 0 Å². The summed E-state index contributed by atoms with van der Waals surface area (Å²) in [6, 6.07) is 7.23. The summed E-state index contributed by atoms with van der Waals surface area (Å²) in [4.78, 5) is 0.528. The molecule has 1 N–H and O–H groups in total. The Hall–Kier alpha value is -0.670. The van der Waals surface area contributed by atoms with E-state index in [1.54, 1.807) is 12.3 Å². The van der Waals surface area contributed by atoms with Gasteiger partial charge in [-0.3, -0.25) is 0 Å². The van der Waals surface area contributed by atoms with Gasteiger partial charge in [0.25, 0.3) is 0 Å². The van der Waals surface area contributed by atoms with Crippen molar-refractivity contribution in [2.45, 2.75) is 4.90 Å². The summed E-state index contributed by atoms with van der Waals surface area (Å²) in [7, 11) is 0. The van der Waals surface area contributed by atoms with E-state index in [0.717, 1.165) is 0 Å². The van der Waals surface area contributed by atoms with E-state index >= 15 is 0 Å². The number of aromatic hydroxyl groups is 1. The van der Waals surface area contributed by atoms with E-state index in [1.807, 2.05) is 0 Å². The van der Waals surface area contributed by atoms with Crippen molar-refractivity contribution in [3.8, 4) is 5.75 Å². The molecule has 10 heavy (non-hydrogen) atoms. The van der Waals surface area contributed by atoms with Crippen LogP contribution in [-0.4, -0.2) is 15.9 Å². The molecule has 1 unspecified atom stereocenters. The van der Waals surface area contributed by atoms with Gasteiger partial charge in [0.05, 0.1) is 0 Å². The standard InChI is InChI=1S/C7H7O2S/c1-10(9)7-4-2-3-6(8)5-7/h2-3,5,8H,1H3. The van der Waals surface area contributed by atoms with Crippen molar-refractivity contribution in [2.75, 3.05) is 6.26 Å². The molecule has 0 saturated carbocycles. The molecule has 1 aromatic carbocycles. The highest BCUT2D eigenvalue weighted by Gasteiger charge is 2.03. The third kappa shape index (κ3) is 1.65. The van der Waals surface area contributed by atoms with Gasteiger partial charge in [0.15, 0.2) is 4.90 Å². The second-order valence-electron chi connectivity index (χ2n) is 1.87. The Labute approximate surface area is 62.7 Å². The largest absolute Gasteiger partial charge is 0.612 e. The van der Waals surface area contributed by atoms with Crippen molar-refractivity contribution in [3.05, 3.63) is 24.3 Å². The SMILES string of the molecule is C[S+]([O-])c1[c]ccc(O)c1. The fraction of sp³-hybridized carbons (Fsp3) is 0.143. The molecule has 0 aliphatic carbocycles. The first-order chi connectivity index (χ1) is 4.70. The van der Waals surface area contributed by atoms with Gasteiger partial charge < -0.3 is 9.66 Å². The Morgan fingerprint density at radius 2 is 2.40 bits per heavy atom. The van der Waals surface area contributed by atoms with Gasteiger partial charge in [0.1, 0.15) is 12.0 Å². The zero-order valence-corrected chi connectivity index (χ0v) is 6.31. The molecule has 0 aromatic heterocycles. The molecule has 1 aromatic rings. The zero-order chi connectivity index (χ0) is 7.56. The summed E-state index contributed by atoms with van der Waals surface area (Å²) in [6.45, 7) is 0. The average molecular weight is 155 g/mol. The monoisotopic (exact) mass is 155 g/mol. The van der Waals surface area contributed by atoms with Gasteiger partial charge in [-0.05, 0) is 23.3 Å². The Kier molecular flexibility index (Phi) is 2.19. The maximum atomic E-state index is 10.8. The molecule has 0 aliphatic heterocycles. The van der Waals surface area contributed by atoms with Crippen LogP contribution in [0.5, 0.6) is 5.75 Å². The van der Waals surface area contributed by atoms with E-state index in [0.29, 0.717) is 4.90 Å². The normalized spacial score (nSPS) is 13.0. The average Bonchev–Trinajstić information content (AvgIpc) is 1.88. The first kappa shape index (κ1) is 7.44. The van der Waals surface area contributed by atoms with Crippen LogP contribution in [0.25, 0.3) is 0 Å². The molecule has 0 fully saturated rings. The van der Waals surface area contributed by atoms with Crippen molar-refractivity contribution < 1.29 is 9.66 Å². The lowest BCUT2D eigenvalue weighted by Crippen LogP contribution is -1.95. The van der Waals surface area contributed by atoms with Crippen molar-refractivity contribution in [1.29, 1.82) is 0 Å². The van der Waals surface area contributed by atoms with Gasteiger partial charge in [-0.25, -0.2) is 0 Å². The van der Waals surface area contributed by atoms with Gasteiger partial charge >= 0.3 is 0 Å². The van der Waals surface area contributed by atoms with Crippen LogP contribution in [0.3, 0.4) is 0 Å². The lowest BCUT2D eigenvalue weighted by molar-refractivity contribution is 0.473. The number of hydrogen-bond donors (Lipinski definition) is 1. The van der Waals surface area contributed by atoms with E-state index in [1.165, 1.54) is 12.1 Å². The lowest BCUT2D eigenvalue weighted by Gasteiger charge is -2.02. The van der Waals surface area contributed by atoms with Crippen LogP contribution in [-0.2, 0) is 11.2 Å². The number of phenols is 1. The summed E-state index contributed by atoms with van der Waals surface area (Å²) in [5.41, 5.74) is 0. The van der Waals surface area contributed by atoms with E-state index in [9.17, 15) is 4.55 Å². The maximum Gasteiger partial charge on any atom is 0.164 e. The number of rotatable bonds is 1. The van der Waals surface area contributed by atoms with Crippen LogP contribution in [0.15, 0.2) is 23.1 Å². The van der Waals surface area contributed by atoms with Crippen molar-refractivity contribution >= 4 is 11.2 Å². The van der Waals surface area contributed by atoms with Crippen molar-refractivity contribution in [2.24, 2.45) is 0 Å². The molecular formula is C7H7O2S. The minimum Gasteiger partial charge on any atom is -0.612 e. The molecule has 0 spiro atoms. The topological polar surface area (TPSA) is 43.3 Å². The molecular weight excluding hydrogens is 148 g/mol. The predicted molar refractivity (Wildman–Crippen MR) is 39.3 cm³/mol.